The monoisotopic (exact) mass is 195 g/mol. The molecule has 1 unspecified atom stereocenters. The average molecular weight is 195 g/mol. The predicted octanol–water partition coefficient (Wildman–Crippen LogP) is 1.96. The molecular formula is C10H13NOS. The number of thiophene rings is 1. The second-order valence-corrected chi connectivity index (χ2v) is 4.90. The van der Waals surface area contributed by atoms with Crippen molar-refractivity contribution in [2.45, 2.75) is 31.7 Å². The minimum Gasteiger partial charge on any atom is -0.351 e. The Morgan fingerprint density at radius 1 is 1.69 bits per heavy atom. The summed E-state index contributed by atoms with van der Waals surface area (Å²) in [5.74, 6) is 0.194. The maximum absolute atomic E-state index is 11.1. The molecule has 2 nitrogen and oxygen atoms in total. The first-order valence-electron chi connectivity index (χ1n) is 4.51. The van der Waals surface area contributed by atoms with Crippen molar-refractivity contribution in [3.63, 3.8) is 0 Å². The topological polar surface area (TPSA) is 29.1 Å². The van der Waals surface area contributed by atoms with E-state index >= 15 is 0 Å². The quantitative estimate of drug-likeness (QED) is 0.768. The molecule has 2 heterocycles. The van der Waals surface area contributed by atoms with Crippen LogP contribution in [0.4, 0.5) is 0 Å². The first-order chi connectivity index (χ1) is 6.18. The molecule has 0 bridgehead atoms. The van der Waals surface area contributed by atoms with Crippen molar-refractivity contribution in [1.29, 1.82) is 0 Å². The van der Waals surface area contributed by atoms with E-state index < -0.39 is 0 Å². The molecular weight excluding hydrogens is 182 g/mol. The SMILES string of the molecule is CC1(Cc2cccs2)CCC(=O)N1. The zero-order valence-corrected chi connectivity index (χ0v) is 8.49. The Bertz CT molecular complexity index is 307. The summed E-state index contributed by atoms with van der Waals surface area (Å²) in [5.41, 5.74) is 0.00192. The molecule has 1 aromatic heterocycles. The van der Waals surface area contributed by atoms with Crippen molar-refractivity contribution < 1.29 is 4.79 Å². The van der Waals surface area contributed by atoms with E-state index in [9.17, 15) is 4.79 Å². The summed E-state index contributed by atoms with van der Waals surface area (Å²) in [5, 5.41) is 5.12. The third kappa shape index (κ3) is 1.91. The molecule has 1 aliphatic heterocycles. The van der Waals surface area contributed by atoms with Gasteiger partial charge in [0.1, 0.15) is 0 Å². The highest BCUT2D eigenvalue weighted by Crippen LogP contribution is 2.25. The summed E-state index contributed by atoms with van der Waals surface area (Å²) in [7, 11) is 0. The van der Waals surface area contributed by atoms with E-state index in [1.807, 2.05) is 0 Å². The Morgan fingerprint density at radius 3 is 3.08 bits per heavy atom. The van der Waals surface area contributed by atoms with Crippen molar-refractivity contribution in [1.82, 2.24) is 5.32 Å². The van der Waals surface area contributed by atoms with Gasteiger partial charge in [-0.3, -0.25) is 4.79 Å². The Labute approximate surface area is 82.0 Å². The minimum absolute atomic E-state index is 0.00192. The van der Waals surface area contributed by atoms with Gasteiger partial charge in [0, 0.05) is 23.3 Å². The lowest BCUT2D eigenvalue weighted by Crippen LogP contribution is -2.40. The van der Waals surface area contributed by atoms with Gasteiger partial charge in [-0.1, -0.05) is 6.07 Å². The molecule has 1 fully saturated rings. The van der Waals surface area contributed by atoms with E-state index in [0.717, 1.165) is 12.8 Å². The average Bonchev–Trinajstić information content (AvgIpc) is 2.62. The third-order valence-corrected chi connectivity index (χ3v) is 3.37. The summed E-state index contributed by atoms with van der Waals surface area (Å²) in [6.07, 6.45) is 2.61. The van der Waals surface area contributed by atoms with Crippen molar-refractivity contribution >= 4 is 17.2 Å². The van der Waals surface area contributed by atoms with Crippen LogP contribution in [0.3, 0.4) is 0 Å². The number of hydrogen-bond donors (Lipinski definition) is 1. The molecule has 3 heteroatoms. The van der Waals surface area contributed by atoms with Crippen molar-refractivity contribution in [2.24, 2.45) is 0 Å². The van der Waals surface area contributed by atoms with Crippen LogP contribution >= 0.6 is 11.3 Å². The number of carbonyl (C=O) groups is 1. The largest absolute Gasteiger partial charge is 0.351 e. The van der Waals surface area contributed by atoms with Crippen LogP contribution in [0.5, 0.6) is 0 Å². The van der Waals surface area contributed by atoms with Crippen LogP contribution in [0.2, 0.25) is 0 Å². The van der Waals surface area contributed by atoms with Gasteiger partial charge in [0.2, 0.25) is 5.91 Å². The van der Waals surface area contributed by atoms with Gasteiger partial charge in [-0.2, -0.15) is 0 Å². The van der Waals surface area contributed by atoms with Gasteiger partial charge in [0.25, 0.3) is 0 Å². The molecule has 1 aromatic rings. The highest BCUT2D eigenvalue weighted by molar-refractivity contribution is 7.09. The molecule has 1 amide bonds. The van der Waals surface area contributed by atoms with Gasteiger partial charge in [0.05, 0.1) is 0 Å². The second-order valence-electron chi connectivity index (χ2n) is 3.86. The van der Waals surface area contributed by atoms with Crippen LogP contribution in [0.15, 0.2) is 17.5 Å². The fourth-order valence-electron chi connectivity index (χ4n) is 1.78. The highest BCUT2D eigenvalue weighted by Gasteiger charge is 2.32. The molecule has 0 saturated carbocycles. The lowest BCUT2D eigenvalue weighted by atomic mass is 9.95. The number of carbonyl (C=O) groups excluding carboxylic acids is 1. The maximum Gasteiger partial charge on any atom is 0.220 e. The molecule has 1 N–H and O–H groups in total. The van der Waals surface area contributed by atoms with E-state index in [1.54, 1.807) is 11.3 Å². The fraction of sp³-hybridized carbons (Fsp3) is 0.500. The van der Waals surface area contributed by atoms with Gasteiger partial charge < -0.3 is 5.32 Å². The standard InChI is InChI=1S/C10H13NOS/c1-10(5-4-9(12)11-10)7-8-3-2-6-13-8/h2-3,6H,4-5,7H2,1H3,(H,11,12). The zero-order valence-electron chi connectivity index (χ0n) is 7.67. The molecule has 13 heavy (non-hydrogen) atoms. The van der Waals surface area contributed by atoms with E-state index in [2.05, 4.69) is 29.8 Å². The van der Waals surface area contributed by atoms with Crippen LogP contribution in [0, 0.1) is 0 Å². The van der Waals surface area contributed by atoms with Crippen molar-refractivity contribution in [2.75, 3.05) is 0 Å². The molecule has 0 aromatic carbocycles. The van der Waals surface area contributed by atoms with E-state index in [1.165, 1.54) is 4.88 Å². The summed E-state index contributed by atoms with van der Waals surface area (Å²) in [6.45, 7) is 2.12. The molecule has 1 atom stereocenters. The van der Waals surface area contributed by atoms with Crippen LogP contribution in [-0.2, 0) is 11.2 Å². The number of hydrogen-bond acceptors (Lipinski definition) is 2. The van der Waals surface area contributed by atoms with Crippen LogP contribution in [0.1, 0.15) is 24.6 Å². The first-order valence-corrected chi connectivity index (χ1v) is 5.39. The highest BCUT2D eigenvalue weighted by atomic mass is 32.1. The molecule has 0 radical (unpaired) electrons. The normalized spacial score (nSPS) is 27.6. The van der Waals surface area contributed by atoms with Crippen LogP contribution < -0.4 is 5.32 Å². The Balaban J connectivity index is 2.05. The lowest BCUT2D eigenvalue weighted by molar-refractivity contribution is -0.119. The Hall–Kier alpha value is -0.830. The van der Waals surface area contributed by atoms with Gasteiger partial charge in [0.15, 0.2) is 0 Å². The van der Waals surface area contributed by atoms with Gasteiger partial charge in [-0.15, -0.1) is 11.3 Å². The van der Waals surface area contributed by atoms with Crippen molar-refractivity contribution in [3.8, 4) is 0 Å². The van der Waals surface area contributed by atoms with Gasteiger partial charge >= 0.3 is 0 Å². The fourth-order valence-corrected chi connectivity index (χ4v) is 2.67. The van der Waals surface area contributed by atoms with Crippen LogP contribution in [-0.4, -0.2) is 11.4 Å². The third-order valence-electron chi connectivity index (χ3n) is 2.49. The number of rotatable bonds is 2. The number of nitrogens with one attached hydrogen (secondary N) is 1. The second kappa shape index (κ2) is 3.14. The Morgan fingerprint density at radius 2 is 2.54 bits per heavy atom. The summed E-state index contributed by atoms with van der Waals surface area (Å²) in [6, 6.07) is 4.18. The predicted molar refractivity (Wildman–Crippen MR) is 53.8 cm³/mol. The molecule has 70 valence electrons. The Kier molecular flexibility index (Phi) is 2.12. The summed E-state index contributed by atoms with van der Waals surface area (Å²) in [4.78, 5) is 12.4. The maximum atomic E-state index is 11.1. The number of amides is 1. The summed E-state index contributed by atoms with van der Waals surface area (Å²) < 4.78 is 0. The molecule has 0 aliphatic carbocycles. The summed E-state index contributed by atoms with van der Waals surface area (Å²) >= 11 is 1.76. The molecule has 2 rings (SSSR count). The van der Waals surface area contributed by atoms with Crippen molar-refractivity contribution in [3.05, 3.63) is 22.4 Å². The molecule has 1 aliphatic rings. The van der Waals surface area contributed by atoms with Gasteiger partial charge in [-0.25, -0.2) is 0 Å². The van der Waals surface area contributed by atoms with Crippen LogP contribution in [0.25, 0.3) is 0 Å². The van der Waals surface area contributed by atoms with Gasteiger partial charge in [-0.05, 0) is 24.8 Å². The molecule has 0 spiro atoms. The van der Waals surface area contributed by atoms with E-state index in [-0.39, 0.29) is 11.4 Å². The minimum atomic E-state index is 0.00192. The van der Waals surface area contributed by atoms with E-state index in [0.29, 0.717) is 6.42 Å². The molecule has 1 saturated heterocycles. The van der Waals surface area contributed by atoms with E-state index in [4.69, 9.17) is 0 Å². The lowest BCUT2D eigenvalue weighted by Gasteiger charge is -2.22. The smallest absolute Gasteiger partial charge is 0.220 e. The zero-order chi connectivity index (χ0) is 9.31. The first kappa shape index (κ1) is 8.75.